The zero-order chi connectivity index (χ0) is 13.7. The largest absolute Gasteiger partial charge is 0.381 e. The first-order valence-corrected chi connectivity index (χ1v) is 6.78. The Bertz CT molecular complexity index is 532. The highest BCUT2D eigenvalue weighted by Gasteiger charge is 2.01. The van der Waals surface area contributed by atoms with E-state index in [0.717, 1.165) is 18.7 Å². The van der Waals surface area contributed by atoms with Gasteiger partial charge >= 0.3 is 0 Å². The Kier molecular flexibility index (Phi) is 4.45. The first kappa shape index (κ1) is 13.5. The molecular weight excluding hydrogens is 232 g/mol. The molecule has 0 saturated carbocycles. The average Bonchev–Trinajstić information content (AvgIpc) is 2.45. The average molecular weight is 254 g/mol. The van der Waals surface area contributed by atoms with Crippen LogP contribution in [-0.4, -0.2) is 14.1 Å². The van der Waals surface area contributed by atoms with E-state index in [4.69, 9.17) is 0 Å². The predicted molar refractivity (Wildman–Crippen MR) is 83.9 cm³/mol. The van der Waals surface area contributed by atoms with Crippen molar-refractivity contribution in [3.8, 4) is 0 Å². The normalized spacial score (nSPS) is 10.3. The monoisotopic (exact) mass is 254 g/mol. The van der Waals surface area contributed by atoms with Gasteiger partial charge < -0.3 is 10.2 Å². The molecule has 0 heterocycles. The fourth-order valence-corrected chi connectivity index (χ4v) is 2.17. The van der Waals surface area contributed by atoms with E-state index in [2.05, 4.69) is 79.8 Å². The van der Waals surface area contributed by atoms with E-state index in [0.29, 0.717) is 0 Å². The van der Waals surface area contributed by atoms with Crippen molar-refractivity contribution in [2.45, 2.75) is 19.9 Å². The van der Waals surface area contributed by atoms with Crippen molar-refractivity contribution in [3.63, 3.8) is 0 Å². The van der Waals surface area contributed by atoms with E-state index in [9.17, 15) is 0 Å². The fraction of sp³-hybridized carbons (Fsp3) is 0.294. The lowest BCUT2D eigenvalue weighted by Crippen LogP contribution is -2.09. The molecule has 100 valence electrons. The lowest BCUT2D eigenvalue weighted by Gasteiger charge is -2.15. The second-order valence-corrected chi connectivity index (χ2v) is 4.92. The number of hydrogen-bond donors (Lipinski definition) is 1. The van der Waals surface area contributed by atoms with Crippen LogP contribution >= 0.6 is 0 Å². The lowest BCUT2D eigenvalue weighted by molar-refractivity contribution is 1.04. The van der Waals surface area contributed by atoms with Crippen LogP contribution in [0.1, 0.15) is 18.1 Å². The van der Waals surface area contributed by atoms with Gasteiger partial charge in [0.25, 0.3) is 0 Å². The standard InChI is InChI=1S/C17H22N2/c1-4-14-8-5-6-9-15(14)13-18-16-10-7-11-17(12-16)19(2)3/h5-12,18H,4,13H2,1-3H3. The number of aryl methyl sites for hydroxylation is 1. The van der Waals surface area contributed by atoms with E-state index < -0.39 is 0 Å². The fourth-order valence-electron chi connectivity index (χ4n) is 2.17. The molecule has 2 aromatic rings. The van der Waals surface area contributed by atoms with Gasteiger partial charge in [-0.3, -0.25) is 0 Å². The van der Waals surface area contributed by atoms with Gasteiger partial charge in [-0.15, -0.1) is 0 Å². The molecule has 0 fully saturated rings. The Morgan fingerprint density at radius 2 is 1.68 bits per heavy atom. The molecular formula is C17H22N2. The Hall–Kier alpha value is -1.96. The zero-order valence-corrected chi connectivity index (χ0v) is 12.0. The van der Waals surface area contributed by atoms with Crippen LogP contribution in [0.2, 0.25) is 0 Å². The highest BCUT2D eigenvalue weighted by Crippen LogP contribution is 2.18. The topological polar surface area (TPSA) is 15.3 Å². The second-order valence-electron chi connectivity index (χ2n) is 4.92. The summed E-state index contributed by atoms with van der Waals surface area (Å²) in [5.41, 5.74) is 5.17. The van der Waals surface area contributed by atoms with Gasteiger partial charge in [0.05, 0.1) is 0 Å². The van der Waals surface area contributed by atoms with Crippen molar-refractivity contribution in [1.82, 2.24) is 0 Å². The van der Waals surface area contributed by atoms with E-state index in [-0.39, 0.29) is 0 Å². The van der Waals surface area contributed by atoms with Crippen LogP contribution in [0.25, 0.3) is 0 Å². The smallest absolute Gasteiger partial charge is 0.0403 e. The Morgan fingerprint density at radius 3 is 2.37 bits per heavy atom. The molecule has 0 spiro atoms. The van der Waals surface area contributed by atoms with Gasteiger partial charge in [-0.1, -0.05) is 37.3 Å². The summed E-state index contributed by atoms with van der Waals surface area (Å²) in [6, 6.07) is 17.1. The van der Waals surface area contributed by atoms with Gasteiger partial charge in [0, 0.05) is 32.0 Å². The first-order valence-electron chi connectivity index (χ1n) is 6.78. The van der Waals surface area contributed by atoms with Gasteiger partial charge in [-0.2, -0.15) is 0 Å². The van der Waals surface area contributed by atoms with Crippen molar-refractivity contribution in [2.75, 3.05) is 24.3 Å². The third-order valence-electron chi connectivity index (χ3n) is 3.34. The predicted octanol–water partition coefficient (Wildman–Crippen LogP) is 3.93. The van der Waals surface area contributed by atoms with E-state index in [1.807, 2.05) is 0 Å². The van der Waals surface area contributed by atoms with Crippen molar-refractivity contribution < 1.29 is 0 Å². The van der Waals surface area contributed by atoms with Crippen LogP contribution in [-0.2, 0) is 13.0 Å². The maximum atomic E-state index is 3.50. The molecule has 0 unspecified atom stereocenters. The molecule has 2 nitrogen and oxygen atoms in total. The van der Waals surface area contributed by atoms with Crippen LogP contribution < -0.4 is 10.2 Å². The maximum Gasteiger partial charge on any atom is 0.0403 e. The summed E-state index contributed by atoms with van der Waals surface area (Å²) >= 11 is 0. The number of rotatable bonds is 5. The quantitative estimate of drug-likeness (QED) is 0.869. The van der Waals surface area contributed by atoms with Crippen molar-refractivity contribution >= 4 is 11.4 Å². The lowest BCUT2D eigenvalue weighted by atomic mass is 10.1. The molecule has 2 rings (SSSR count). The molecule has 2 heteroatoms. The molecule has 0 aliphatic carbocycles. The summed E-state index contributed by atoms with van der Waals surface area (Å²) in [4.78, 5) is 2.12. The van der Waals surface area contributed by atoms with Crippen molar-refractivity contribution in [1.29, 1.82) is 0 Å². The summed E-state index contributed by atoms with van der Waals surface area (Å²) in [5, 5.41) is 3.50. The minimum absolute atomic E-state index is 0.876. The number of anilines is 2. The molecule has 0 amide bonds. The Balaban J connectivity index is 2.08. The van der Waals surface area contributed by atoms with Crippen LogP contribution in [0.15, 0.2) is 48.5 Å². The third kappa shape index (κ3) is 3.50. The van der Waals surface area contributed by atoms with E-state index >= 15 is 0 Å². The van der Waals surface area contributed by atoms with Crippen LogP contribution in [0, 0.1) is 0 Å². The highest BCUT2D eigenvalue weighted by molar-refractivity contribution is 5.57. The molecule has 0 saturated heterocycles. The maximum absolute atomic E-state index is 3.50. The summed E-state index contributed by atoms with van der Waals surface area (Å²) in [6.07, 6.45) is 1.08. The minimum atomic E-state index is 0.876. The number of benzene rings is 2. The molecule has 0 radical (unpaired) electrons. The van der Waals surface area contributed by atoms with Crippen LogP contribution in [0.5, 0.6) is 0 Å². The summed E-state index contributed by atoms with van der Waals surface area (Å²) in [5.74, 6) is 0. The molecule has 0 atom stereocenters. The Morgan fingerprint density at radius 1 is 0.947 bits per heavy atom. The zero-order valence-electron chi connectivity index (χ0n) is 12.0. The van der Waals surface area contributed by atoms with Crippen LogP contribution in [0.4, 0.5) is 11.4 Å². The van der Waals surface area contributed by atoms with Crippen molar-refractivity contribution in [2.24, 2.45) is 0 Å². The van der Waals surface area contributed by atoms with Gasteiger partial charge in [-0.25, -0.2) is 0 Å². The number of nitrogens with one attached hydrogen (secondary N) is 1. The first-order chi connectivity index (χ1) is 9.20. The SMILES string of the molecule is CCc1ccccc1CNc1cccc(N(C)C)c1. The van der Waals surface area contributed by atoms with Crippen molar-refractivity contribution in [3.05, 3.63) is 59.7 Å². The molecule has 0 aliphatic rings. The van der Waals surface area contributed by atoms with Gasteiger partial charge in [0.2, 0.25) is 0 Å². The molecule has 19 heavy (non-hydrogen) atoms. The molecule has 2 aromatic carbocycles. The third-order valence-corrected chi connectivity index (χ3v) is 3.34. The van der Waals surface area contributed by atoms with Crippen LogP contribution in [0.3, 0.4) is 0 Å². The summed E-state index contributed by atoms with van der Waals surface area (Å²) < 4.78 is 0. The van der Waals surface area contributed by atoms with E-state index in [1.54, 1.807) is 0 Å². The Labute approximate surface area is 116 Å². The molecule has 0 aliphatic heterocycles. The van der Waals surface area contributed by atoms with E-state index in [1.165, 1.54) is 16.8 Å². The van der Waals surface area contributed by atoms with Gasteiger partial charge in [0.15, 0.2) is 0 Å². The minimum Gasteiger partial charge on any atom is -0.381 e. The highest BCUT2D eigenvalue weighted by atomic mass is 15.1. The number of hydrogen-bond acceptors (Lipinski definition) is 2. The summed E-state index contributed by atoms with van der Waals surface area (Å²) in [7, 11) is 4.12. The summed E-state index contributed by atoms with van der Waals surface area (Å²) in [6.45, 7) is 3.08. The second kappa shape index (κ2) is 6.28. The number of nitrogens with zero attached hydrogens (tertiary/aromatic N) is 1. The molecule has 1 N–H and O–H groups in total. The van der Waals surface area contributed by atoms with Gasteiger partial charge in [0.1, 0.15) is 0 Å². The molecule has 0 bridgehead atoms. The van der Waals surface area contributed by atoms with Gasteiger partial charge in [-0.05, 0) is 35.7 Å². The molecule has 0 aromatic heterocycles.